The highest BCUT2D eigenvalue weighted by Crippen LogP contribution is 2.32. The van der Waals surface area contributed by atoms with Crippen molar-refractivity contribution in [3.05, 3.63) is 78.1 Å². The second-order valence-electron chi connectivity index (χ2n) is 10.8. The number of pyridine rings is 1. The number of benzene rings is 2. The summed E-state index contributed by atoms with van der Waals surface area (Å²) >= 11 is 0. The van der Waals surface area contributed by atoms with Gasteiger partial charge in [0.2, 0.25) is 0 Å². The van der Waals surface area contributed by atoms with Gasteiger partial charge in [-0.25, -0.2) is 0 Å². The molecule has 9 heteroatoms. The van der Waals surface area contributed by atoms with Gasteiger partial charge in [0, 0.05) is 51.1 Å². The number of carbonyl (C=O) groups excluding carboxylic acids is 2. The van der Waals surface area contributed by atoms with Crippen LogP contribution in [0.25, 0.3) is 0 Å². The Balaban J connectivity index is 1.27. The standard InChI is InChI=1S/C32H35N5O4/c1-32(2,37-18-16-35(3)17-19-37)14-12-23-10-11-29-28(20-23)36(4)31(39)27(22-40-29)34-30(38)26-21-25(13-15-33-26)41-24-8-6-5-7-9-24/h5-11,13,15,20-21,27H,16-19,22H2,1-4H3,(H,34,38)/t27-/m0/s1. The van der Waals surface area contributed by atoms with E-state index in [1.54, 1.807) is 13.1 Å². The minimum atomic E-state index is -0.897. The maximum atomic E-state index is 13.4. The smallest absolute Gasteiger partial charge is 0.270 e. The number of fused-ring (bicyclic) bond motifs is 1. The molecule has 1 N–H and O–H groups in total. The lowest BCUT2D eigenvalue weighted by Gasteiger charge is -2.40. The number of hydrogen-bond donors (Lipinski definition) is 1. The summed E-state index contributed by atoms with van der Waals surface area (Å²) in [5, 5.41) is 2.77. The van der Waals surface area contributed by atoms with Gasteiger partial charge >= 0.3 is 0 Å². The molecule has 2 aromatic carbocycles. The zero-order valence-electron chi connectivity index (χ0n) is 23.9. The van der Waals surface area contributed by atoms with E-state index in [-0.39, 0.29) is 23.7 Å². The molecule has 5 rings (SSSR count). The van der Waals surface area contributed by atoms with Crippen LogP contribution < -0.4 is 19.7 Å². The first-order valence-electron chi connectivity index (χ1n) is 13.7. The number of carbonyl (C=O) groups is 2. The molecule has 1 fully saturated rings. The van der Waals surface area contributed by atoms with Crippen molar-refractivity contribution in [3.8, 4) is 29.1 Å². The van der Waals surface area contributed by atoms with Gasteiger partial charge in [0.05, 0.1) is 11.2 Å². The molecule has 2 amide bonds. The van der Waals surface area contributed by atoms with E-state index in [4.69, 9.17) is 9.47 Å². The fourth-order valence-corrected chi connectivity index (χ4v) is 4.80. The van der Waals surface area contributed by atoms with Gasteiger partial charge in [0.1, 0.15) is 35.6 Å². The molecule has 1 aromatic heterocycles. The fourth-order valence-electron chi connectivity index (χ4n) is 4.80. The molecule has 3 aromatic rings. The summed E-state index contributed by atoms with van der Waals surface area (Å²) < 4.78 is 11.8. The third-order valence-electron chi connectivity index (χ3n) is 7.41. The fraction of sp³-hybridized carbons (Fsp3) is 0.344. The third kappa shape index (κ3) is 6.68. The van der Waals surface area contributed by atoms with Crippen LogP contribution in [0.3, 0.4) is 0 Å². The van der Waals surface area contributed by atoms with Crippen molar-refractivity contribution in [1.29, 1.82) is 0 Å². The molecule has 0 bridgehead atoms. The van der Waals surface area contributed by atoms with Crippen molar-refractivity contribution in [3.63, 3.8) is 0 Å². The van der Waals surface area contributed by atoms with Crippen LogP contribution in [0.5, 0.6) is 17.2 Å². The molecule has 0 spiro atoms. The van der Waals surface area contributed by atoms with Crippen LogP contribution in [0.4, 0.5) is 5.69 Å². The molecular weight excluding hydrogens is 518 g/mol. The number of anilines is 1. The molecule has 2 aliphatic rings. The maximum absolute atomic E-state index is 13.4. The topological polar surface area (TPSA) is 87.2 Å². The first-order valence-corrected chi connectivity index (χ1v) is 13.7. The van der Waals surface area contributed by atoms with Crippen LogP contribution in [0.1, 0.15) is 29.9 Å². The van der Waals surface area contributed by atoms with E-state index in [0.29, 0.717) is 22.9 Å². The third-order valence-corrected chi connectivity index (χ3v) is 7.41. The number of likely N-dealkylation sites (N-methyl/N-ethyl adjacent to an activating group) is 2. The predicted molar refractivity (Wildman–Crippen MR) is 157 cm³/mol. The van der Waals surface area contributed by atoms with Gasteiger partial charge in [-0.05, 0) is 57.3 Å². The molecule has 0 unspecified atom stereocenters. The van der Waals surface area contributed by atoms with Gasteiger partial charge in [-0.15, -0.1) is 0 Å². The Morgan fingerprint density at radius 3 is 2.54 bits per heavy atom. The number of ether oxygens (including phenoxy) is 2. The molecule has 0 aliphatic carbocycles. The maximum Gasteiger partial charge on any atom is 0.270 e. The number of para-hydroxylation sites is 1. The minimum Gasteiger partial charge on any atom is -0.489 e. The van der Waals surface area contributed by atoms with Crippen molar-refractivity contribution < 1.29 is 19.1 Å². The highest BCUT2D eigenvalue weighted by molar-refractivity contribution is 6.03. The first-order chi connectivity index (χ1) is 19.7. The largest absolute Gasteiger partial charge is 0.489 e. The Kier molecular flexibility index (Phi) is 8.24. The quantitative estimate of drug-likeness (QED) is 0.485. The number of amides is 2. The van der Waals surface area contributed by atoms with Gasteiger partial charge in [0.15, 0.2) is 0 Å². The van der Waals surface area contributed by atoms with Crippen molar-refractivity contribution in [2.45, 2.75) is 25.4 Å². The monoisotopic (exact) mass is 553 g/mol. The second kappa shape index (κ2) is 12.0. The van der Waals surface area contributed by atoms with E-state index in [2.05, 4.69) is 52.8 Å². The zero-order chi connectivity index (χ0) is 29.0. The molecule has 2 aliphatic heterocycles. The van der Waals surface area contributed by atoms with E-state index >= 15 is 0 Å². The molecule has 1 saturated heterocycles. The predicted octanol–water partition coefficient (Wildman–Crippen LogP) is 3.41. The van der Waals surface area contributed by atoms with Gasteiger partial charge < -0.3 is 24.6 Å². The Hall–Kier alpha value is -4.39. The molecule has 212 valence electrons. The van der Waals surface area contributed by atoms with E-state index in [1.165, 1.54) is 17.2 Å². The normalized spacial score (nSPS) is 17.9. The number of aromatic nitrogens is 1. The summed E-state index contributed by atoms with van der Waals surface area (Å²) in [5.41, 5.74) is 1.25. The lowest BCUT2D eigenvalue weighted by atomic mass is 10.0. The number of rotatable bonds is 5. The average molecular weight is 554 g/mol. The van der Waals surface area contributed by atoms with Crippen molar-refractivity contribution >= 4 is 17.5 Å². The molecule has 3 heterocycles. The summed E-state index contributed by atoms with van der Waals surface area (Å²) in [4.78, 5) is 36.8. The van der Waals surface area contributed by atoms with Crippen LogP contribution in [0.2, 0.25) is 0 Å². The Labute approximate surface area is 241 Å². The van der Waals surface area contributed by atoms with Crippen molar-refractivity contribution in [2.24, 2.45) is 0 Å². The summed E-state index contributed by atoms with van der Waals surface area (Å²) in [6.45, 7) is 8.26. The van der Waals surface area contributed by atoms with Crippen LogP contribution in [0, 0.1) is 11.8 Å². The number of piperazine rings is 1. The van der Waals surface area contributed by atoms with Gasteiger partial charge in [-0.2, -0.15) is 0 Å². The van der Waals surface area contributed by atoms with Crippen LogP contribution in [-0.4, -0.2) is 85.1 Å². The summed E-state index contributed by atoms with van der Waals surface area (Å²) in [6.07, 6.45) is 1.49. The molecule has 1 atom stereocenters. The summed E-state index contributed by atoms with van der Waals surface area (Å²) in [6, 6.07) is 17.1. The van der Waals surface area contributed by atoms with E-state index in [1.807, 2.05) is 48.5 Å². The van der Waals surface area contributed by atoms with E-state index in [0.717, 1.165) is 31.7 Å². The lowest BCUT2D eigenvalue weighted by Crippen LogP contribution is -2.53. The lowest BCUT2D eigenvalue weighted by molar-refractivity contribution is -0.120. The minimum absolute atomic E-state index is 0.0103. The average Bonchev–Trinajstić information content (AvgIpc) is 3.09. The zero-order valence-corrected chi connectivity index (χ0v) is 23.9. The molecular formula is C32H35N5O4. The summed E-state index contributed by atoms with van der Waals surface area (Å²) in [7, 11) is 3.81. The highest BCUT2D eigenvalue weighted by Gasteiger charge is 2.31. The van der Waals surface area contributed by atoms with Crippen molar-refractivity contribution in [2.75, 3.05) is 51.8 Å². The summed E-state index contributed by atoms with van der Waals surface area (Å²) in [5.74, 6) is 7.59. The molecule has 0 saturated carbocycles. The number of hydrogen-bond acceptors (Lipinski definition) is 7. The number of nitrogens with zero attached hydrogens (tertiary/aromatic N) is 4. The Bertz CT molecular complexity index is 1470. The molecule has 41 heavy (non-hydrogen) atoms. The molecule has 9 nitrogen and oxygen atoms in total. The van der Waals surface area contributed by atoms with Gasteiger partial charge in [0.25, 0.3) is 11.8 Å². The SMILES string of the molecule is CN1CCN(C(C)(C)C#Cc2ccc3c(c2)N(C)C(=O)[C@@H](NC(=O)c2cc(Oc4ccccc4)ccn2)CO3)CC1. The van der Waals surface area contributed by atoms with Gasteiger partial charge in [-0.3, -0.25) is 19.5 Å². The van der Waals surface area contributed by atoms with Crippen molar-refractivity contribution in [1.82, 2.24) is 20.1 Å². The van der Waals surface area contributed by atoms with Gasteiger partial charge in [-0.1, -0.05) is 30.0 Å². The Morgan fingerprint density at radius 1 is 1.02 bits per heavy atom. The number of nitrogens with one attached hydrogen (secondary N) is 1. The van der Waals surface area contributed by atoms with Crippen LogP contribution in [0.15, 0.2) is 66.9 Å². The molecule has 0 radical (unpaired) electrons. The second-order valence-corrected chi connectivity index (χ2v) is 10.8. The van der Waals surface area contributed by atoms with Crippen LogP contribution >= 0.6 is 0 Å². The van der Waals surface area contributed by atoms with E-state index < -0.39 is 11.9 Å². The first kappa shape index (κ1) is 28.1. The highest BCUT2D eigenvalue weighted by atomic mass is 16.5. The van der Waals surface area contributed by atoms with Crippen LogP contribution in [-0.2, 0) is 4.79 Å². The Morgan fingerprint density at radius 2 is 1.78 bits per heavy atom. The van der Waals surface area contributed by atoms with E-state index in [9.17, 15) is 9.59 Å².